The van der Waals surface area contributed by atoms with E-state index in [4.69, 9.17) is 21.1 Å². The van der Waals surface area contributed by atoms with Gasteiger partial charge in [-0.1, -0.05) is 37.6 Å². The summed E-state index contributed by atoms with van der Waals surface area (Å²) in [6.07, 6.45) is 0.725. The summed E-state index contributed by atoms with van der Waals surface area (Å²) in [5.41, 5.74) is 1.23. The zero-order chi connectivity index (χ0) is 19.5. The van der Waals surface area contributed by atoms with Gasteiger partial charge in [0.25, 0.3) is 0 Å². The zero-order valence-electron chi connectivity index (χ0n) is 15.2. The molecule has 0 saturated heterocycles. The minimum Gasteiger partial charge on any atom is -0.448 e. The third-order valence-corrected chi connectivity index (χ3v) is 3.77. The molecule has 7 heteroatoms. The lowest BCUT2D eigenvalue weighted by molar-refractivity contribution is 0.168. The van der Waals surface area contributed by atoms with Crippen molar-refractivity contribution in [2.24, 2.45) is 0 Å². The van der Waals surface area contributed by atoms with E-state index in [0.717, 1.165) is 18.5 Å². The number of carbonyl (C=O) groups excluding carboxylic acids is 2. The topological polar surface area (TPSA) is 67.9 Å². The molecule has 0 saturated carbocycles. The van der Waals surface area contributed by atoms with E-state index in [1.54, 1.807) is 29.2 Å². The number of benzene rings is 2. The van der Waals surface area contributed by atoms with Crippen LogP contribution >= 0.6 is 11.6 Å². The first kappa shape index (κ1) is 20.6. The molecule has 0 spiro atoms. The fraction of sp³-hybridized carbons (Fsp3) is 0.300. The van der Waals surface area contributed by atoms with Crippen LogP contribution in [0.25, 0.3) is 0 Å². The summed E-state index contributed by atoms with van der Waals surface area (Å²) in [7, 11) is 0. The number of para-hydroxylation sites is 1. The summed E-state index contributed by atoms with van der Waals surface area (Å²) >= 11 is 5.48. The van der Waals surface area contributed by atoms with Crippen LogP contribution in [0.4, 0.5) is 21.0 Å². The number of halogens is 1. The molecule has 2 aromatic rings. The van der Waals surface area contributed by atoms with Crippen LogP contribution in [0.3, 0.4) is 0 Å². The van der Waals surface area contributed by atoms with Gasteiger partial charge in [0.05, 0.1) is 5.88 Å². The quantitative estimate of drug-likeness (QED) is 0.622. The Morgan fingerprint density at radius 1 is 1.11 bits per heavy atom. The molecule has 0 fully saturated rings. The maximum atomic E-state index is 12.7. The minimum atomic E-state index is -0.618. The monoisotopic (exact) mass is 390 g/mol. The molecule has 0 radical (unpaired) electrons. The van der Waals surface area contributed by atoms with Crippen molar-refractivity contribution in [3.63, 3.8) is 0 Å². The molecule has 0 atom stereocenters. The Kier molecular flexibility index (Phi) is 8.45. The number of nitrogens with one attached hydrogen (secondary N) is 1. The molecule has 0 aliphatic rings. The van der Waals surface area contributed by atoms with Crippen LogP contribution in [0.15, 0.2) is 54.6 Å². The second-order valence-corrected chi connectivity index (χ2v) is 6.06. The van der Waals surface area contributed by atoms with Crippen molar-refractivity contribution in [2.75, 3.05) is 29.2 Å². The van der Waals surface area contributed by atoms with Gasteiger partial charge in [-0.25, -0.2) is 9.59 Å². The van der Waals surface area contributed by atoms with Crippen LogP contribution in [-0.4, -0.2) is 31.2 Å². The summed E-state index contributed by atoms with van der Waals surface area (Å²) < 4.78 is 10.4. The Morgan fingerprint density at radius 2 is 1.89 bits per heavy atom. The molecule has 0 heterocycles. The fourth-order valence-corrected chi connectivity index (χ4v) is 2.41. The number of nitrogens with zero attached hydrogens (tertiary/aromatic N) is 1. The number of hydrogen-bond donors (Lipinski definition) is 1. The molecule has 1 N–H and O–H groups in total. The van der Waals surface area contributed by atoms with Gasteiger partial charge in [-0.2, -0.15) is 0 Å². The molecule has 0 aromatic heterocycles. The lowest BCUT2D eigenvalue weighted by Gasteiger charge is -2.22. The van der Waals surface area contributed by atoms with E-state index in [1.165, 1.54) is 0 Å². The van der Waals surface area contributed by atoms with Crippen molar-refractivity contribution in [1.82, 2.24) is 0 Å². The lowest BCUT2D eigenvalue weighted by atomic mass is 10.2. The number of carbonyl (C=O) groups is 2. The normalized spacial score (nSPS) is 10.1. The maximum Gasteiger partial charge on any atom is 0.419 e. The van der Waals surface area contributed by atoms with Crippen molar-refractivity contribution in [1.29, 1.82) is 0 Å². The lowest BCUT2D eigenvalue weighted by Crippen LogP contribution is -2.34. The standard InChI is InChI=1S/C20H23ClN2O4/c1-2-3-13-23(17-9-5-4-6-10-17)20(25)27-18-11-7-8-16(15-18)22-19(24)26-14-12-21/h4-11,15H,2-3,12-14H2,1H3,(H,22,24). The number of unbranched alkanes of at least 4 members (excludes halogenated alkanes) is 1. The average Bonchev–Trinajstić information content (AvgIpc) is 2.68. The third kappa shape index (κ3) is 6.83. The SMILES string of the molecule is CCCCN(C(=O)Oc1cccc(NC(=O)OCCCl)c1)c1ccccc1. The van der Waals surface area contributed by atoms with Gasteiger partial charge in [0.2, 0.25) is 0 Å². The van der Waals surface area contributed by atoms with Gasteiger partial charge >= 0.3 is 12.2 Å². The molecule has 0 aliphatic heterocycles. The van der Waals surface area contributed by atoms with Crippen molar-refractivity contribution in [3.05, 3.63) is 54.6 Å². The summed E-state index contributed by atoms with van der Waals surface area (Å²) in [5.74, 6) is 0.547. The van der Waals surface area contributed by atoms with E-state index in [9.17, 15) is 9.59 Å². The van der Waals surface area contributed by atoms with Gasteiger partial charge < -0.3 is 9.47 Å². The summed E-state index contributed by atoms with van der Waals surface area (Å²) in [6.45, 7) is 2.74. The Morgan fingerprint density at radius 3 is 2.59 bits per heavy atom. The first-order valence-electron chi connectivity index (χ1n) is 8.78. The highest BCUT2D eigenvalue weighted by atomic mass is 35.5. The highest BCUT2D eigenvalue weighted by Gasteiger charge is 2.17. The third-order valence-electron chi connectivity index (χ3n) is 3.62. The molecule has 2 rings (SSSR count). The van der Waals surface area contributed by atoms with Crippen LogP contribution in [0.5, 0.6) is 5.75 Å². The average molecular weight is 391 g/mol. The van der Waals surface area contributed by atoms with Crippen molar-refractivity contribution < 1.29 is 19.1 Å². The first-order valence-corrected chi connectivity index (χ1v) is 9.31. The summed E-state index contributed by atoms with van der Waals surface area (Å²) in [6, 6.07) is 15.9. The first-order chi connectivity index (χ1) is 13.1. The maximum absolute atomic E-state index is 12.7. The highest BCUT2D eigenvalue weighted by molar-refractivity contribution is 6.18. The van der Waals surface area contributed by atoms with Gasteiger partial charge in [-0.05, 0) is 30.7 Å². The zero-order valence-corrected chi connectivity index (χ0v) is 15.9. The molecular weight excluding hydrogens is 368 g/mol. The van der Waals surface area contributed by atoms with Crippen molar-refractivity contribution in [3.8, 4) is 5.75 Å². The second kappa shape index (κ2) is 11.1. The smallest absolute Gasteiger partial charge is 0.419 e. The van der Waals surface area contributed by atoms with Gasteiger partial charge in [-0.3, -0.25) is 10.2 Å². The fourth-order valence-electron chi connectivity index (χ4n) is 2.33. The number of rotatable bonds is 8. The van der Waals surface area contributed by atoms with Gasteiger partial charge in [0, 0.05) is 24.0 Å². The predicted octanol–water partition coefficient (Wildman–Crippen LogP) is 5.28. The van der Waals surface area contributed by atoms with E-state index in [-0.39, 0.29) is 12.5 Å². The Labute approximate surface area is 164 Å². The van der Waals surface area contributed by atoms with E-state index >= 15 is 0 Å². The van der Waals surface area contributed by atoms with Gasteiger partial charge in [0.1, 0.15) is 12.4 Å². The van der Waals surface area contributed by atoms with Crippen LogP contribution in [0.2, 0.25) is 0 Å². The van der Waals surface area contributed by atoms with Crippen molar-refractivity contribution in [2.45, 2.75) is 19.8 Å². The van der Waals surface area contributed by atoms with Crippen LogP contribution < -0.4 is 15.0 Å². The Balaban J connectivity index is 2.06. The molecule has 144 valence electrons. The van der Waals surface area contributed by atoms with Crippen LogP contribution in [0, 0.1) is 0 Å². The molecule has 0 bridgehead atoms. The van der Waals surface area contributed by atoms with E-state index in [2.05, 4.69) is 12.2 Å². The Bertz CT molecular complexity index is 740. The molecule has 0 aliphatic carbocycles. The van der Waals surface area contributed by atoms with Gasteiger partial charge in [-0.15, -0.1) is 11.6 Å². The van der Waals surface area contributed by atoms with Gasteiger partial charge in [0.15, 0.2) is 0 Å². The number of anilines is 2. The number of amides is 2. The number of hydrogen-bond acceptors (Lipinski definition) is 4. The molecular formula is C20H23ClN2O4. The van der Waals surface area contributed by atoms with Crippen molar-refractivity contribution >= 4 is 35.2 Å². The van der Waals surface area contributed by atoms with Crippen LogP contribution in [0.1, 0.15) is 19.8 Å². The molecule has 2 amide bonds. The summed E-state index contributed by atoms with van der Waals surface area (Å²) in [5, 5.41) is 2.56. The largest absolute Gasteiger partial charge is 0.448 e. The predicted molar refractivity (Wildman–Crippen MR) is 107 cm³/mol. The second-order valence-electron chi connectivity index (χ2n) is 5.69. The highest BCUT2D eigenvalue weighted by Crippen LogP contribution is 2.21. The van der Waals surface area contributed by atoms with E-state index in [0.29, 0.717) is 18.0 Å². The van der Waals surface area contributed by atoms with E-state index in [1.807, 2.05) is 30.3 Å². The minimum absolute atomic E-state index is 0.117. The number of ether oxygens (including phenoxy) is 2. The molecule has 6 nitrogen and oxygen atoms in total. The van der Waals surface area contributed by atoms with Crippen LogP contribution in [-0.2, 0) is 4.74 Å². The Hall–Kier alpha value is -2.73. The van der Waals surface area contributed by atoms with E-state index < -0.39 is 12.2 Å². The number of alkyl halides is 1. The summed E-state index contributed by atoms with van der Waals surface area (Å²) in [4.78, 5) is 25.9. The molecule has 0 unspecified atom stereocenters. The molecule has 2 aromatic carbocycles. The molecule has 27 heavy (non-hydrogen) atoms.